The molecule has 0 aromatic carbocycles. The van der Waals surface area contributed by atoms with Crippen LogP contribution in [-0.2, 0) is 4.79 Å². The highest BCUT2D eigenvalue weighted by Crippen LogP contribution is 1.69. The third-order valence-corrected chi connectivity index (χ3v) is 0.499. The number of carboxylic acids is 1. The summed E-state index contributed by atoms with van der Waals surface area (Å²) in [4.78, 5) is 9.62. The Morgan fingerprint density at radius 1 is 2.00 bits per heavy atom. The van der Waals surface area contributed by atoms with E-state index < -0.39 is 12.2 Å². The first-order chi connectivity index (χ1) is 3.68. The SMILES string of the molecule is C=CNC(O)C(=O)[O-]. The van der Waals surface area contributed by atoms with E-state index in [-0.39, 0.29) is 0 Å². The van der Waals surface area contributed by atoms with E-state index in [0.29, 0.717) is 0 Å². The molecule has 0 saturated heterocycles. The van der Waals surface area contributed by atoms with Crippen LogP contribution in [-0.4, -0.2) is 17.3 Å². The van der Waals surface area contributed by atoms with E-state index in [9.17, 15) is 9.90 Å². The Kier molecular flexibility index (Phi) is 2.64. The van der Waals surface area contributed by atoms with Crippen molar-refractivity contribution >= 4 is 5.97 Å². The van der Waals surface area contributed by atoms with Gasteiger partial charge in [0.1, 0.15) is 0 Å². The molecular weight excluding hydrogens is 110 g/mol. The molecule has 0 saturated carbocycles. The lowest BCUT2D eigenvalue weighted by Gasteiger charge is -2.09. The van der Waals surface area contributed by atoms with Gasteiger partial charge in [-0.1, -0.05) is 6.58 Å². The Labute approximate surface area is 46.4 Å². The minimum atomic E-state index is -1.65. The third-order valence-electron chi connectivity index (χ3n) is 0.499. The van der Waals surface area contributed by atoms with Crippen LogP contribution in [0, 0.1) is 0 Å². The van der Waals surface area contributed by atoms with E-state index >= 15 is 0 Å². The Morgan fingerprint density at radius 2 is 2.50 bits per heavy atom. The molecule has 8 heavy (non-hydrogen) atoms. The predicted octanol–water partition coefficient (Wildman–Crippen LogP) is -2.21. The summed E-state index contributed by atoms with van der Waals surface area (Å²) in [6.45, 7) is 3.12. The summed E-state index contributed by atoms with van der Waals surface area (Å²) in [6, 6.07) is 0. The Bertz CT molecular complexity index is 101. The lowest BCUT2D eigenvalue weighted by Crippen LogP contribution is -2.42. The van der Waals surface area contributed by atoms with Crippen molar-refractivity contribution in [2.24, 2.45) is 0 Å². The topological polar surface area (TPSA) is 72.4 Å². The zero-order valence-corrected chi connectivity index (χ0v) is 4.13. The first kappa shape index (κ1) is 6.97. The largest absolute Gasteiger partial charge is 0.545 e. The zero-order valence-electron chi connectivity index (χ0n) is 4.13. The van der Waals surface area contributed by atoms with Gasteiger partial charge in [0.05, 0.1) is 5.97 Å². The van der Waals surface area contributed by atoms with Gasteiger partial charge in [0.25, 0.3) is 0 Å². The highest BCUT2D eigenvalue weighted by atomic mass is 16.4. The van der Waals surface area contributed by atoms with Gasteiger partial charge >= 0.3 is 0 Å². The zero-order chi connectivity index (χ0) is 6.57. The van der Waals surface area contributed by atoms with Gasteiger partial charge in [0, 0.05) is 0 Å². The number of hydrogen-bond donors (Lipinski definition) is 2. The van der Waals surface area contributed by atoms with Crippen molar-refractivity contribution in [3.05, 3.63) is 12.8 Å². The Morgan fingerprint density at radius 3 is 2.62 bits per heavy atom. The number of hydrogen-bond acceptors (Lipinski definition) is 4. The van der Waals surface area contributed by atoms with Crippen molar-refractivity contribution in [3.63, 3.8) is 0 Å². The van der Waals surface area contributed by atoms with Crippen LogP contribution in [0.25, 0.3) is 0 Å². The molecule has 1 unspecified atom stereocenters. The second-order valence-electron chi connectivity index (χ2n) is 1.09. The van der Waals surface area contributed by atoms with Crippen LogP contribution >= 0.6 is 0 Å². The van der Waals surface area contributed by atoms with Gasteiger partial charge in [-0.2, -0.15) is 0 Å². The number of aliphatic hydroxyl groups is 1. The molecule has 2 N–H and O–H groups in total. The molecular formula is C4H6NO3-. The maximum absolute atomic E-state index is 9.62. The maximum Gasteiger partial charge on any atom is 0.164 e. The summed E-state index contributed by atoms with van der Waals surface area (Å²) >= 11 is 0. The lowest BCUT2D eigenvalue weighted by atomic mass is 10.6. The molecule has 0 aromatic heterocycles. The molecule has 0 aliphatic carbocycles. The van der Waals surface area contributed by atoms with Crippen molar-refractivity contribution in [2.75, 3.05) is 0 Å². The quantitative estimate of drug-likeness (QED) is 0.410. The average Bonchev–Trinajstić information content (AvgIpc) is 1.67. The molecule has 4 nitrogen and oxygen atoms in total. The van der Waals surface area contributed by atoms with E-state index in [1.165, 1.54) is 0 Å². The Balaban J connectivity index is 3.46. The van der Waals surface area contributed by atoms with Crippen molar-refractivity contribution in [1.82, 2.24) is 5.32 Å². The fraction of sp³-hybridized carbons (Fsp3) is 0.250. The summed E-state index contributed by atoms with van der Waals surface area (Å²) in [5.41, 5.74) is 0. The van der Waals surface area contributed by atoms with E-state index in [4.69, 9.17) is 5.11 Å². The number of carbonyl (C=O) groups excluding carboxylic acids is 1. The van der Waals surface area contributed by atoms with Crippen LogP contribution in [0.3, 0.4) is 0 Å². The molecule has 4 heteroatoms. The molecule has 1 atom stereocenters. The maximum atomic E-state index is 9.62. The second kappa shape index (κ2) is 3.04. The lowest BCUT2D eigenvalue weighted by molar-refractivity contribution is -0.315. The molecule has 0 fully saturated rings. The smallest absolute Gasteiger partial charge is 0.164 e. The number of nitrogens with one attached hydrogen (secondary N) is 1. The van der Waals surface area contributed by atoms with E-state index in [0.717, 1.165) is 6.20 Å². The van der Waals surface area contributed by atoms with Crippen LogP contribution in [0.15, 0.2) is 12.8 Å². The van der Waals surface area contributed by atoms with Crippen LogP contribution in [0.5, 0.6) is 0 Å². The van der Waals surface area contributed by atoms with Gasteiger partial charge in [-0.3, -0.25) is 0 Å². The van der Waals surface area contributed by atoms with E-state index in [1.807, 2.05) is 5.32 Å². The highest BCUT2D eigenvalue weighted by molar-refractivity contribution is 5.69. The number of aliphatic carboxylic acids is 1. The van der Waals surface area contributed by atoms with Crippen LogP contribution in [0.1, 0.15) is 0 Å². The molecule has 0 aliphatic heterocycles. The molecule has 0 bridgehead atoms. The summed E-state index contributed by atoms with van der Waals surface area (Å²) in [5.74, 6) is -1.56. The first-order valence-corrected chi connectivity index (χ1v) is 1.94. The van der Waals surface area contributed by atoms with Crippen molar-refractivity contribution in [1.29, 1.82) is 0 Å². The second-order valence-corrected chi connectivity index (χ2v) is 1.09. The first-order valence-electron chi connectivity index (χ1n) is 1.94. The third kappa shape index (κ3) is 2.20. The molecule has 46 valence electrons. The Hall–Kier alpha value is -1.03. The van der Waals surface area contributed by atoms with E-state index in [1.54, 1.807) is 0 Å². The van der Waals surface area contributed by atoms with E-state index in [2.05, 4.69) is 6.58 Å². The monoisotopic (exact) mass is 116 g/mol. The molecule has 0 aliphatic rings. The van der Waals surface area contributed by atoms with Gasteiger partial charge < -0.3 is 20.3 Å². The number of carbonyl (C=O) groups is 1. The summed E-state index contributed by atoms with van der Waals surface area (Å²) < 4.78 is 0. The average molecular weight is 116 g/mol. The highest BCUT2D eigenvalue weighted by Gasteiger charge is 1.96. The van der Waals surface area contributed by atoms with Gasteiger partial charge in [-0.15, -0.1) is 0 Å². The van der Waals surface area contributed by atoms with Crippen molar-refractivity contribution in [3.8, 4) is 0 Å². The van der Waals surface area contributed by atoms with Crippen LogP contribution in [0.4, 0.5) is 0 Å². The van der Waals surface area contributed by atoms with Gasteiger partial charge in [-0.25, -0.2) is 0 Å². The number of carboxylic acid groups (broad SMARTS) is 1. The van der Waals surface area contributed by atoms with Crippen LogP contribution < -0.4 is 10.4 Å². The minimum Gasteiger partial charge on any atom is -0.545 e. The molecule has 0 heterocycles. The van der Waals surface area contributed by atoms with Gasteiger partial charge in [0.2, 0.25) is 0 Å². The fourth-order valence-electron chi connectivity index (χ4n) is 0.180. The standard InChI is InChI=1S/C4H7NO3/c1-2-5-3(6)4(7)8/h2-3,5-6H,1H2,(H,7,8)/p-1. The number of aliphatic hydroxyl groups excluding tert-OH is 1. The number of rotatable bonds is 3. The summed E-state index contributed by atoms with van der Waals surface area (Å²) in [6.07, 6.45) is -0.576. The predicted molar refractivity (Wildman–Crippen MR) is 24.3 cm³/mol. The molecule has 0 radical (unpaired) electrons. The van der Waals surface area contributed by atoms with Crippen LogP contribution in [0.2, 0.25) is 0 Å². The van der Waals surface area contributed by atoms with Crippen molar-refractivity contribution in [2.45, 2.75) is 6.23 Å². The fourth-order valence-corrected chi connectivity index (χ4v) is 0.180. The molecule has 0 aromatic rings. The van der Waals surface area contributed by atoms with Crippen molar-refractivity contribution < 1.29 is 15.0 Å². The summed E-state index contributed by atoms with van der Waals surface area (Å²) in [5, 5.41) is 19.9. The minimum absolute atomic E-state index is 1.07. The molecule has 0 rings (SSSR count). The summed E-state index contributed by atoms with van der Waals surface area (Å²) in [7, 11) is 0. The normalized spacial score (nSPS) is 12.1. The van der Waals surface area contributed by atoms with Gasteiger partial charge in [-0.05, 0) is 6.20 Å². The molecule has 0 spiro atoms. The molecule has 0 amide bonds. The van der Waals surface area contributed by atoms with Gasteiger partial charge in [0.15, 0.2) is 6.23 Å².